The highest BCUT2D eigenvalue weighted by atomic mass is 79.9. The van der Waals surface area contributed by atoms with E-state index < -0.39 is 10.7 Å². The summed E-state index contributed by atoms with van der Waals surface area (Å²) in [7, 11) is 0. The van der Waals surface area contributed by atoms with Crippen LogP contribution in [0.5, 0.6) is 0 Å². The molecule has 2 aromatic rings. The van der Waals surface area contributed by atoms with Gasteiger partial charge in [-0.1, -0.05) is 28.1 Å². The molecule has 4 nitrogen and oxygen atoms in total. The topological polar surface area (TPSA) is 55.2 Å². The molecule has 0 atom stereocenters. The predicted octanol–water partition coefficient (Wildman–Crippen LogP) is 3.79. The maximum Gasteiger partial charge on any atom is 0.274 e. The highest BCUT2D eigenvalue weighted by Gasteiger charge is 2.13. The molecule has 0 aliphatic rings. The lowest BCUT2D eigenvalue weighted by atomic mass is 10.1. The fraction of sp³-hybridized carbons (Fsp3) is 0.143. The number of hydrogen-bond acceptors (Lipinski definition) is 3. The summed E-state index contributed by atoms with van der Waals surface area (Å²) in [6, 6.07) is 11.2. The van der Waals surface area contributed by atoms with E-state index in [9.17, 15) is 14.5 Å². The van der Waals surface area contributed by atoms with Crippen molar-refractivity contribution in [2.24, 2.45) is 0 Å². The van der Waals surface area contributed by atoms with E-state index in [4.69, 9.17) is 0 Å². The van der Waals surface area contributed by atoms with Crippen LogP contribution in [0.2, 0.25) is 0 Å². The molecule has 0 aliphatic carbocycles. The van der Waals surface area contributed by atoms with Crippen LogP contribution in [0, 0.1) is 15.9 Å². The van der Waals surface area contributed by atoms with Crippen LogP contribution in [-0.2, 0) is 13.1 Å². The molecule has 0 saturated carbocycles. The van der Waals surface area contributed by atoms with Crippen LogP contribution in [0.4, 0.5) is 10.1 Å². The molecule has 6 heteroatoms. The van der Waals surface area contributed by atoms with E-state index in [0.29, 0.717) is 12.1 Å². The second kappa shape index (κ2) is 6.58. The van der Waals surface area contributed by atoms with E-state index in [1.807, 2.05) is 24.3 Å². The first kappa shape index (κ1) is 14.6. The highest BCUT2D eigenvalue weighted by molar-refractivity contribution is 9.10. The molecule has 0 aliphatic heterocycles. The van der Waals surface area contributed by atoms with Crippen molar-refractivity contribution in [2.75, 3.05) is 0 Å². The second-order valence-electron chi connectivity index (χ2n) is 4.26. The molecule has 0 heterocycles. The van der Waals surface area contributed by atoms with Gasteiger partial charge in [0.2, 0.25) is 0 Å². The SMILES string of the molecule is O=[N+]([O-])c1ccc(F)cc1CNCc1cccc(Br)c1. The van der Waals surface area contributed by atoms with Crippen molar-refractivity contribution >= 4 is 21.6 Å². The van der Waals surface area contributed by atoms with Crippen LogP contribution < -0.4 is 5.32 Å². The fourth-order valence-corrected chi connectivity index (χ4v) is 2.31. The molecule has 0 spiro atoms. The summed E-state index contributed by atoms with van der Waals surface area (Å²) >= 11 is 3.37. The summed E-state index contributed by atoms with van der Waals surface area (Å²) in [4.78, 5) is 10.4. The molecule has 2 aromatic carbocycles. The van der Waals surface area contributed by atoms with Crippen LogP contribution in [0.25, 0.3) is 0 Å². The van der Waals surface area contributed by atoms with Gasteiger partial charge in [-0.3, -0.25) is 10.1 Å². The minimum atomic E-state index is -0.504. The Balaban J connectivity index is 2.04. The predicted molar refractivity (Wildman–Crippen MR) is 77.7 cm³/mol. The molecule has 0 bridgehead atoms. The van der Waals surface area contributed by atoms with Crippen molar-refractivity contribution in [1.29, 1.82) is 0 Å². The Labute approximate surface area is 123 Å². The Morgan fingerprint density at radius 2 is 2.00 bits per heavy atom. The Hall–Kier alpha value is -1.79. The largest absolute Gasteiger partial charge is 0.308 e. The lowest BCUT2D eigenvalue weighted by Crippen LogP contribution is -2.14. The smallest absolute Gasteiger partial charge is 0.274 e. The first-order valence-corrected chi connectivity index (χ1v) is 6.73. The number of hydrogen-bond donors (Lipinski definition) is 1. The highest BCUT2D eigenvalue weighted by Crippen LogP contribution is 2.19. The third kappa shape index (κ3) is 3.85. The van der Waals surface area contributed by atoms with Gasteiger partial charge in [0.05, 0.1) is 4.92 Å². The Morgan fingerprint density at radius 3 is 2.70 bits per heavy atom. The quantitative estimate of drug-likeness (QED) is 0.666. The summed E-state index contributed by atoms with van der Waals surface area (Å²) < 4.78 is 14.1. The van der Waals surface area contributed by atoms with E-state index in [2.05, 4.69) is 21.2 Å². The molecular formula is C14H12BrFN2O2. The van der Waals surface area contributed by atoms with Gasteiger partial charge in [0, 0.05) is 29.2 Å². The summed E-state index contributed by atoms with van der Waals surface area (Å²) in [6.07, 6.45) is 0. The zero-order valence-corrected chi connectivity index (χ0v) is 12.1. The molecule has 104 valence electrons. The minimum Gasteiger partial charge on any atom is -0.308 e. The minimum absolute atomic E-state index is 0.0758. The number of rotatable bonds is 5. The number of benzene rings is 2. The summed E-state index contributed by atoms with van der Waals surface area (Å²) in [5, 5.41) is 13.9. The van der Waals surface area contributed by atoms with Gasteiger partial charge in [-0.2, -0.15) is 0 Å². The molecule has 0 unspecified atom stereocenters. The number of halogens is 2. The second-order valence-corrected chi connectivity index (χ2v) is 5.18. The van der Waals surface area contributed by atoms with Gasteiger partial charge in [-0.15, -0.1) is 0 Å². The summed E-state index contributed by atoms with van der Waals surface area (Å²) in [5.74, 6) is -0.477. The van der Waals surface area contributed by atoms with E-state index in [-0.39, 0.29) is 12.2 Å². The number of nitrogens with one attached hydrogen (secondary N) is 1. The molecule has 0 amide bonds. The Morgan fingerprint density at radius 1 is 1.20 bits per heavy atom. The first-order chi connectivity index (χ1) is 9.56. The molecule has 0 fully saturated rings. The van der Waals surface area contributed by atoms with E-state index in [0.717, 1.165) is 16.1 Å². The summed E-state index contributed by atoms with van der Waals surface area (Å²) in [5.41, 5.74) is 1.30. The molecule has 0 radical (unpaired) electrons. The maximum atomic E-state index is 13.2. The summed E-state index contributed by atoms with van der Waals surface area (Å²) in [6.45, 7) is 0.785. The van der Waals surface area contributed by atoms with E-state index >= 15 is 0 Å². The van der Waals surface area contributed by atoms with Gasteiger partial charge in [-0.25, -0.2) is 4.39 Å². The Bertz CT molecular complexity index is 634. The lowest BCUT2D eigenvalue weighted by molar-refractivity contribution is -0.385. The van der Waals surface area contributed by atoms with Gasteiger partial charge in [-0.05, 0) is 29.8 Å². The third-order valence-electron chi connectivity index (χ3n) is 2.77. The van der Waals surface area contributed by atoms with Gasteiger partial charge < -0.3 is 5.32 Å². The molecule has 2 rings (SSSR count). The van der Waals surface area contributed by atoms with Crippen molar-refractivity contribution < 1.29 is 9.31 Å². The third-order valence-corrected chi connectivity index (χ3v) is 3.27. The molecule has 20 heavy (non-hydrogen) atoms. The van der Waals surface area contributed by atoms with Crippen molar-refractivity contribution in [1.82, 2.24) is 5.32 Å². The standard InChI is InChI=1S/C14H12BrFN2O2/c15-12-3-1-2-10(6-12)8-17-9-11-7-13(16)4-5-14(11)18(19)20/h1-7,17H,8-9H2. The number of nitro groups is 1. The van der Waals surface area contributed by atoms with Crippen LogP contribution in [-0.4, -0.2) is 4.92 Å². The normalized spacial score (nSPS) is 10.5. The Kier molecular flexibility index (Phi) is 4.81. The van der Waals surface area contributed by atoms with Crippen molar-refractivity contribution in [2.45, 2.75) is 13.1 Å². The van der Waals surface area contributed by atoms with Crippen LogP contribution >= 0.6 is 15.9 Å². The van der Waals surface area contributed by atoms with Crippen LogP contribution in [0.3, 0.4) is 0 Å². The van der Waals surface area contributed by atoms with Gasteiger partial charge in [0.25, 0.3) is 5.69 Å². The molecule has 0 saturated heterocycles. The molecular weight excluding hydrogens is 327 g/mol. The van der Waals surface area contributed by atoms with E-state index in [1.165, 1.54) is 12.1 Å². The first-order valence-electron chi connectivity index (χ1n) is 5.94. The molecule has 0 aromatic heterocycles. The van der Waals surface area contributed by atoms with E-state index in [1.54, 1.807) is 0 Å². The lowest BCUT2D eigenvalue weighted by Gasteiger charge is -2.06. The maximum absolute atomic E-state index is 13.2. The number of nitro benzene ring substituents is 1. The average molecular weight is 339 g/mol. The van der Waals surface area contributed by atoms with Gasteiger partial charge in [0.15, 0.2) is 0 Å². The number of nitrogens with zero attached hydrogens (tertiary/aromatic N) is 1. The van der Waals surface area contributed by atoms with Gasteiger partial charge in [0.1, 0.15) is 5.82 Å². The average Bonchev–Trinajstić information content (AvgIpc) is 2.38. The van der Waals surface area contributed by atoms with Crippen LogP contribution in [0.15, 0.2) is 46.9 Å². The van der Waals surface area contributed by atoms with Gasteiger partial charge >= 0.3 is 0 Å². The zero-order chi connectivity index (χ0) is 14.5. The van der Waals surface area contributed by atoms with Crippen molar-refractivity contribution in [3.8, 4) is 0 Å². The fourth-order valence-electron chi connectivity index (χ4n) is 1.86. The van der Waals surface area contributed by atoms with Crippen molar-refractivity contribution in [3.05, 3.63) is 74.0 Å². The van der Waals surface area contributed by atoms with Crippen molar-refractivity contribution in [3.63, 3.8) is 0 Å². The van der Waals surface area contributed by atoms with Crippen LogP contribution in [0.1, 0.15) is 11.1 Å². The molecule has 1 N–H and O–H groups in total. The zero-order valence-electron chi connectivity index (χ0n) is 10.5. The monoisotopic (exact) mass is 338 g/mol.